The van der Waals surface area contributed by atoms with E-state index in [0.717, 1.165) is 24.1 Å². The van der Waals surface area contributed by atoms with Gasteiger partial charge < -0.3 is 10.4 Å². The number of aryl methyl sites for hydroxylation is 2. The lowest BCUT2D eigenvalue weighted by molar-refractivity contribution is 0.300. The van der Waals surface area contributed by atoms with Crippen molar-refractivity contribution in [1.82, 2.24) is 4.90 Å². The highest BCUT2D eigenvalue weighted by atomic mass is 16.3. The fourth-order valence-electron chi connectivity index (χ4n) is 2.12. The molecule has 3 heteroatoms. The number of rotatable bonds is 1. The van der Waals surface area contributed by atoms with Crippen molar-refractivity contribution in [1.29, 1.82) is 0 Å². The summed E-state index contributed by atoms with van der Waals surface area (Å²) >= 11 is 0. The summed E-state index contributed by atoms with van der Waals surface area (Å²) in [5.41, 5.74) is 3.26. The van der Waals surface area contributed by atoms with E-state index >= 15 is 0 Å². The Morgan fingerprint density at radius 2 is 2.13 bits per heavy atom. The Morgan fingerprint density at radius 1 is 1.40 bits per heavy atom. The Bertz CT molecular complexity index is 374. The maximum absolute atomic E-state index is 9.86. The quantitative estimate of drug-likeness (QED) is 0.689. The van der Waals surface area contributed by atoms with Crippen molar-refractivity contribution >= 4 is 5.69 Å². The molecule has 15 heavy (non-hydrogen) atoms. The van der Waals surface area contributed by atoms with Crippen molar-refractivity contribution in [2.75, 3.05) is 19.4 Å². The molecule has 82 valence electrons. The highest BCUT2D eigenvalue weighted by Crippen LogP contribution is 2.34. The van der Waals surface area contributed by atoms with Crippen LogP contribution in [0.3, 0.4) is 0 Å². The summed E-state index contributed by atoms with van der Waals surface area (Å²) in [5.74, 6) is 0.372. The number of anilines is 1. The molecule has 0 saturated carbocycles. The summed E-state index contributed by atoms with van der Waals surface area (Å²) in [5, 5.41) is 13.2. The predicted molar refractivity (Wildman–Crippen MR) is 62.3 cm³/mol. The van der Waals surface area contributed by atoms with Gasteiger partial charge in [-0.2, -0.15) is 0 Å². The van der Waals surface area contributed by atoms with Crippen LogP contribution in [0.1, 0.15) is 17.5 Å². The molecule has 1 unspecified atom stereocenters. The fraction of sp³-hybridized carbons (Fsp3) is 0.500. The monoisotopic (exact) mass is 206 g/mol. The van der Waals surface area contributed by atoms with E-state index < -0.39 is 0 Å². The molecule has 1 heterocycles. The van der Waals surface area contributed by atoms with Gasteiger partial charge in [0.2, 0.25) is 0 Å². The van der Waals surface area contributed by atoms with Gasteiger partial charge in [0, 0.05) is 0 Å². The van der Waals surface area contributed by atoms with Crippen LogP contribution in [0.2, 0.25) is 0 Å². The maximum Gasteiger partial charge on any atom is 0.139 e. The molecule has 0 aliphatic carbocycles. The van der Waals surface area contributed by atoms with Gasteiger partial charge >= 0.3 is 0 Å². The Balaban J connectivity index is 2.33. The molecule has 3 nitrogen and oxygen atoms in total. The molecule has 1 aliphatic heterocycles. The summed E-state index contributed by atoms with van der Waals surface area (Å²) in [6.45, 7) is 2.01. The van der Waals surface area contributed by atoms with Gasteiger partial charge in [-0.25, -0.2) is 0 Å². The number of phenolic OH excluding ortho intramolecular Hbond substituents is 1. The van der Waals surface area contributed by atoms with Crippen molar-refractivity contribution in [2.45, 2.75) is 25.9 Å². The molecule has 2 N–H and O–H groups in total. The minimum Gasteiger partial charge on any atom is -0.506 e. The summed E-state index contributed by atoms with van der Waals surface area (Å²) in [7, 11) is 4.10. The van der Waals surface area contributed by atoms with Gasteiger partial charge in [0.15, 0.2) is 0 Å². The lowest BCUT2D eigenvalue weighted by Gasteiger charge is -2.32. The molecule has 1 atom stereocenters. The van der Waals surface area contributed by atoms with Crippen LogP contribution >= 0.6 is 0 Å². The SMILES string of the molecule is Cc1cc(O)c2c(c1)CCC(N(C)C)N2. The van der Waals surface area contributed by atoms with E-state index in [2.05, 4.69) is 16.3 Å². The third-order valence-electron chi connectivity index (χ3n) is 2.96. The first-order valence-corrected chi connectivity index (χ1v) is 5.33. The van der Waals surface area contributed by atoms with Crippen molar-refractivity contribution < 1.29 is 5.11 Å². The van der Waals surface area contributed by atoms with Crippen LogP contribution in [0.15, 0.2) is 12.1 Å². The highest BCUT2D eigenvalue weighted by molar-refractivity contribution is 5.64. The highest BCUT2D eigenvalue weighted by Gasteiger charge is 2.21. The summed E-state index contributed by atoms with van der Waals surface area (Å²) in [6, 6.07) is 3.96. The zero-order valence-corrected chi connectivity index (χ0v) is 9.54. The lowest BCUT2D eigenvalue weighted by Crippen LogP contribution is -2.38. The minimum absolute atomic E-state index is 0.325. The third kappa shape index (κ3) is 1.92. The number of hydrogen-bond acceptors (Lipinski definition) is 3. The van der Waals surface area contributed by atoms with E-state index in [1.54, 1.807) is 0 Å². The summed E-state index contributed by atoms with van der Waals surface area (Å²) in [6.07, 6.45) is 2.44. The van der Waals surface area contributed by atoms with Crippen molar-refractivity contribution in [3.63, 3.8) is 0 Å². The second kappa shape index (κ2) is 3.74. The van der Waals surface area contributed by atoms with Gasteiger partial charge in [-0.15, -0.1) is 0 Å². The second-order valence-corrected chi connectivity index (χ2v) is 4.48. The number of aromatic hydroxyl groups is 1. The molecular weight excluding hydrogens is 188 g/mol. The molecule has 0 radical (unpaired) electrons. The van der Waals surface area contributed by atoms with Crippen LogP contribution < -0.4 is 5.32 Å². The molecule has 1 aromatic rings. The molecule has 1 aliphatic rings. The number of benzene rings is 1. The molecular formula is C12H18N2O. The van der Waals surface area contributed by atoms with Gasteiger partial charge in [0.05, 0.1) is 11.9 Å². The smallest absolute Gasteiger partial charge is 0.139 e. The first kappa shape index (κ1) is 10.3. The van der Waals surface area contributed by atoms with Gasteiger partial charge in [-0.3, -0.25) is 4.90 Å². The second-order valence-electron chi connectivity index (χ2n) is 4.48. The lowest BCUT2D eigenvalue weighted by atomic mass is 9.98. The topological polar surface area (TPSA) is 35.5 Å². The Kier molecular flexibility index (Phi) is 2.57. The number of nitrogens with zero attached hydrogens (tertiary/aromatic N) is 1. The van der Waals surface area contributed by atoms with Crippen LogP contribution in [-0.2, 0) is 6.42 Å². The molecule has 1 aromatic carbocycles. The van der Waals surface area contributed by atoms with Gasteiger partial charge in [-0.05, 0) is 51.1 Å². The molecule has 0 amide bonds. The van der Waals surface area contributed by atoms with E-state index in [1.807, 2.05) is 27.1 Å². The average molecular weight is 206 g/mol. The standard InChI is InChI=1S/C12H18N2O/c1-8-6-9-4-5-11(14(2)3)13-12(9)10(15)7-8/h6-7,11,13,15H,4-5H2,1-3H3. The third-order valence-corrected chi connectivity index (χ3v) is 2.96. The normalized spacial score (nSPS) is 19.9. The zero-order valence-electron chi connectivity index (χ0n) is 9.54. The van der Waals surface area contributed by atoms with Crippen LogP contribution in [0.5, 0.6) is 5.75 Å². The molecule has 0 saturated heterocycles. The minimum atomic E-state index is 0.325. The molecule has 0 fully saturated rings. The van der Waals surface area contributed by atoms with Gasteiger partial charge in [-0.1, -0.05) is 6.07 Å². The van der Waals surface area contributed by atoms with Crippen molar-refractivity contribution in [2.24, 2.45) is 0 Å². The summed E-state index contributed by atoms with van der Waals surface area (Å²) in [4.78, 5) is 2.14. The van der Waals surface area contributed by atoms with E-state index in [9.17, 15) is 5.11 Å². The first-order chi connectivity index (χ1) is 7.08. The molecule has 0 bridgehead atoms. The summed E-state index contributed by atoms with van der Waals surface area (Å²) < 4.78 is 0. The number of phenols is 1. The molecule has 2 rings (SSSR count). The van der Waals surface area contributed by atoms with Crippen LogP contribution in [-0.4, -0.2) is 30.3 Å². The predicted octanol–water partition coefficient (Wildman–Crippen LogP) is 1.95. The van der Waals surface area contributed by atoms with Gasteiger partial charge in [0.25, 0.3) is 0 Å². The van der Waals surface area contributed by atoms with Crippen LogP contribution in [0.25, 0.3) is 0 Å². The van der Waals surface area contributed by atoms with Crippen molar-refractivity contribution in [3.05, 3.63) is 23.3 Å². The largest absolute Gasteiger partial charge is 0.506 e. The maximum atomic E-state index is 9.86. The Morgan fingerprint density at radius 3 is 2.80 bits per heavy atom. The van der Waals surface area contributed by atoms with Crippen molar-refractivity contribution in [3.8, 4) is 5.75 Å². The number of fused-ring (bicyclic) bond motifs is 1. The van der Waals surface area contributed by atoms with E-state index in [4.69, 9.17) is 0 Å². The van der Waals surface area contributed by atoms with E-state index in [0.29, 0.717) is 11.9 Å². The fourth-order valence-corrected chi connectivity index (χ4v) is 2.12. The molecule has 0 aromatic heterocycles. The number of nitrogens with one attached hydrogen (secondary N) is 1. The average Bonchev–Trinajstić information content (AvgIpc) is 2.16. The Labute approximate surface area is 90.7 Å². The first-order valence-electron chi connectivity index (χ1n) is 5.33. The van der Waals surface area contributed by atoms with E-state index in [-0.39, 0.29) is 0 Å². The Hall–Kier alpha value is -1.22. The van der Waals surface area contributed by atoms with Gasteiger partial charge in [0.1, 0.15) is 5.75 Å². The zero-order chi connectivity index (χ0) is 11.0. The van der Waals surface area contributed by atoms with E-state index in [1.165, 1.54) is 5.56 Å². The molecule has 0 spiro atoms. The number of hydrogen-bond donors (Lipinski definition) is 2. The van der Waals surface area contributed by atoms with Crippen LogP contribution in [0, 0.1) is 6.92 Å². The van der Waals surface area contributed by atoms with Crippen LogP contribution in [0.4, 0.5) is 5.69 Å².